The molecule has 3 aromatic rings. The number of hydrogen-bond donors (Lipinski definition) is 1. The van der Waals surface area contributed by atoms with Gasteiger partial charge in [0.2, 0.25) is 0 Å². The van der Waals surface area contributed by atoms with Crippen LogP contribution in [-0.2, 0) is 13.5 Å². The van der Waals surface area contributed by atoms with E-state index in [0.717, 1.165) is 28.6 Å². The number of anilines is 1. The van der Waals surface area contributed by atoms with Crippen LogP contribution in [0, 0.1) is 0 Å². The molecule has 18 heavy (non-hydrogen) atoms. The molecule has 2 aromatic heterocycles. The highest BCUT2D eigenvalue weighted by molar-refractivity contribution is 5.97. The van der Waals surface area contributed by atoms with Crippen molar-refractivity contribution in [3.8, 4) is 11.3 Å². The van der Waals surface area contributed by atoms with Crippen molar-refractivity contribution in [3.05, 3.63) is 36.2 Å². The van der Waals surface area contributed by atoms with Crippen molar-refractivity contribution in [2.75, 3.05) is 5.73 Å². The molecule has 0 spiro atoms. The van der Waals surface area contributed by atoms with E-state index in [2.05, 4.69) is 21.9 Å². The minimum atomic E-state index is 0.647. The summed E-state index contributed by atoms with van der Waals surface area (Å²) in [5.74, 6) is 0.670. The average molecular weight is 241 g/mol. The van der Waals surface area contributed by atoms with Gasteiger partial charge in [0.1, 0.15) is 11.4 Å². The summed E-state index contributed by atoms with van der Waals surface area (Å²) in [5, 5.41) is 5.15. The highest BCUT2D eigenvalue weighted by Crippen LogP contribution is 2.35. The third-order valence-electron chi connectivity index (χ3n) is 3.28. The molecular formula is C14H15N3O. The van der Waals surface area contributed by atoms with Gasteiger partial charge in [0.15, 0.2) is 5.76 Å². The highest BCUT2D eigenvalue weighted by Gasteiger charge is 2.17. The number of aryl methyl sites for hydroxylation is 2. The van der Waals surface area contributed by atoms with Gasteiger partial charge in [0.25, 0.3) is 0 Å². The average Bonchev–Trinajstić information content (AvgIpc) is 2.91. The molecule has 0 radical (unpaired) electrons. The van der Waals surface area contributed by atoms with Gasteiger partial charge in [0.05, 0.1) is 0 Å². The Labute approximate surface area is 105 Å². The molecule has 3 rings (SSSR count). The lowest BCUT2D eigenvalue weighted by atomic mass is 10.1. The van der Waals surface area contributed by atoms with Gasteiger partial charge < -0.3 is 14.8 Å². The molecule has 0 amide bonds. The van der Waals surface area contributed by atoms with Gasteiger partial charge >= 0.3 is 0 Å². The lowest BCUT2D eigenvalue weighted by molar-refractivity contribution is 0.425. The first-order chi connectivity index (χ1) is 8.72. The predicted octanol–water partition coefficient (Wildman–Crippen LogP) is 2.98. The Balaban J connectivity index is 2.28. The van der Waals surface area contributed by atoms with E-state index < -0.39 is 0 Å². The van der Waals surface area contributed by atoms with Gasteiger partial charge in [-0.15, -0.1) is 0 Å². The van der Waals surface area contributed by atoms with Crippen LogP contribution in [0.5, 0.6) is 0 Å². The quantitative estimate of drug-likeness (QED) is 0.750. The van der Waals surface area contributed by atoms with Gasteiger partial charge in [-0.3, -0.25) is 0 Å². The second-order valence-corrected chi connectivity index (χ2v) is 4.40. The zero-order valence-electron chi connectivity index (χ0n) is 10.5. The van der Waals surface area contributed by atoms with Crippen molar-refractivity contribution >= 4 is 16.6 Å². The van der Waals surface area contributed by atoms with E-state index in [1.165, 1.54) is 0 Å². The van der Waals surface area contributed by atoms with Crippen LogP contribution in [0.1, 0.15) is 12.6 Å². The van der Waals surface area contributed by atoms with Crippen LogP contribution in [0.2, 0.25) is 0 Å². The van der Waals surface area contributed by atoms with E-state index in [9.17, 15) is 0 Å². The van der Waals surface area contributed by atoms with Crippen molar-refractivity contribution in [2.45, 2.75) is 13.3 Å². The second kappa shape index (κ2) is 3.91. The molecule has 0 saturated carbocycles. The Morgan fingerprint density at radius 3 is 2.83 bits per heavy atom. The van der Waals surface area contributed by atoms with E-state index in [4.69, 9.17) is 10.3 Å². The monoisotopic (exact) mass is 241 g/mol. The molecule has 2 N–H and O–H groups in total. The standard InChI is InChI=1S/C14H15N3O/c1-3-11-13(15)14(18-16-11)10-8-17(2)12-7-5-4-6-9(10)12/h4-8H,3,15H2,1-2H3. The smallest absolute Gasteiger partial charge is 0.192 e. The number of para-hydroxylation sites is 1. The number of fused-ring (bicyclic) bond motifs is 1. The number of nitrogens with zero attached hydrogens (tertiary/aromatic N) is 2. The lowest BCUT2D eigenvalue weighted by Gasteiger charge is -1.95. The number of nitrogen functional groups attached to an aromatic ring is 1. The van der Waals surface area contributed by atoms with Crippen LogP contribution in [0.4, 0.5) is 5.69 Å². The maximum atomic E-state index is 6.08. The Morgan fingerprint density at radius 2 is 2.11 bits per heavy atom. The summed E-state index contributed by atoms with van der Waals surface area (Å²) < 4.78 is 7.47. The molecule has 2 heterocycles. The summed E-state index contributed by atoms with van der Waals surface area (Å²) in [7, 11) is 2.01. The molecule has 0 unspecified atom stereocenters. The minimum absolute atomic E-state index is 0.647. The summed E-state index contributed by atoms with van der Waals surface area (Å²) in [6.45, 7) is 2.01. The predicted molar refractivity (Wildman–Crippen MR) is 72.2 cm³/mol. The minimum Gasteiger partial charge on any atom is -0.394 e. The van der Waals surface area contributed by atoms with E-state index in [1.54, 1.807) is 0 Å². The number of rotatable bonds is 2. The van der Waals surface area contributed by atoms with Crippen LogP contribution in [0.3, 0.4) is 0 Å². The molecule has 0 aliphatic rings. The zero-order chi connectivity index (χ0) is 12.7. The van der Waals surface area contributed by atoms with E-state index in [-0.39, 0.29) is 0 Å². The van der Waals surface area contributed by atoms with Gasteiger partial charge in [-0.2, -0.15) is 0 Å². The molecule has 0 bridgehead atoms. The van der Waals surface area contributed by atoms with Crippen LogP contribution in [0.25, 0.3) is 22.2 Å². The van der Waals surface area contributed by atoms with Crippen molar-refractivity contribution in [1.82, 2.24) is 9.72 Å². The van der Waals surface area contributed by atoms with Crippen molar-refractivity contribution < 1.29 is 4.52 Å². The fourth-order valence-corrected chi connectivity index (χ4v) is 2.30. The molecule has 92 valence electrons. The molecule has 0 aliphatic carbocycles. The van der Waals surface area contributed by atoms with Crippen LogP contribution in [0.15, 0.2) is 35.0 Å². The lowest BCUT2D eigenvalue weighted by Crippen LogP contribution is -1.90. The van der Waals surface area contributed by atoms with E-state index in [1.807, 2.05) is 32.3 Å². The van der Waals surface area contributed by atoms with Crippen molar-refractivity contribution in [3.63, 3.8) is 0 Å². The Hall–Kier alpha value is -2.23. The maximum Gasteiger partial charge on any atom is 0.192 e. The Morgan fingerprint density at radius 1 is 1.33 bits per heavy atom. The molecule has 4 nitrogen and oxygen atoms in total. The summed E-state index contributed by atoms with van der Waals surface area (Å²) in [6.07, 6.45) is 2.81. The highest BCUT2D eigenvalue weighted by atomic mass is 16.5. The van der Waals surface area contributed by atoms with Gasteiger partial charge in [-0.25, -0.2) is 0 Å². The fraction of sp³-hybridized carbons (Fsp3) is 0.214. The number of benzene rings is 1. The first-order valence-corrected chi connectivity index (χ1v) is 6.00. The number of aromatic nitrogens is 2. The van der Waals surface area contributed by atoms with Crippen molar-refractivity contribution in [2.24, 2.45) is 7.05 Å². The SMILES string of the molecule is CCc1noc(-c2cn(C)c3ccccc23)c1N. The summed E-state index contributed by atoms with van der Waals surface area (Å²) in [6, 6.07) is 8.18. The van der Waals surface area contributed by atoms with Gasteiger partial charge in [0, 0.05) is 29.7 Å². The third kappa shape index (κ3) is 1.42. The zero-order valence-corrected chi connectivity index (χ0v) is 10.5. The number of nitrogens with two attached hydrogens (primary N) is 1. The molecule has 0 saturated heterocycles. The first-order valence-electron chi connectivity index (χ1n) is 6.00. The summed E-state index contributed by atoms with van der Waals surface area (Å²) in [5.41, 5.74) is 9.70. The summed E-state index contributed by atoms with van der Waals surface area (Å²) >= 11 is 0. The molecule has 0 atom stereocenters. The van der Waals surface area contributed by atoms with Crippen molar-refractivity contribution in [1.29, 1.82) is 0 Å². The molecule has 0 fully saturated rings. The Kier molecular flexibility index (Phi) is 2.37. The van der Waals surface area contributed by atoms with Gasteiger partial charge in [-0.05, 0) is 12.5 Å². The normalized spacial score (nSPS) is 11.2. The summed E-state index contributed by atoms with van der Waals surface area (Å²) in [4.78, 5) is 0. The molecule has 4 heteroatoms. The van der Waals surface area contributed by atoms with Gasteiger partial charge in [-0.1, -0.05) is 30.3 Å². The topological polar surface area (TPSA) is 57.0 Å². The molecule has 0 aliphatic heterocycles. The maximum absolute atomic E-state index is 6.08. The molecular weight excluding hydrogens is 226 g/mol. The van der Waals surface area contributed by atoms with Crippen LogP contribution < -0.4 is 5.73 Å². The number of hydrogen-bond acceptors (Lipinski definition) is 3. The largest absolute Gasteiger partial charge is 0.394 e. The van der Waals surface area contributed by atoms with Crippen LogP contribution in [-0.4, -0.2) is 9.72 Å². The van der Waals surface area contributed by atoms with E-state index >= 15 is 0 Å². The van der Waals surface area contributed by atoms with Crippen LogP contribution >= 0.6 is 0 Å². The Bertz CT molecular complexity index is 709. The first kappa shape index (κ1) is 10.9. The third-order valence-corrected chi connectivity index (χ3v) is 3.28. The second-order valence-electron chi connectivity index (χ2n) is 4.40. The van der Waals surface area contributed by atoms with E-state index in [0.29, 0.717) is 11.4 Å². The fourth-order valence-electron chi connectivity index (χ4n) is 2.30. The molecule has 1 aromatic carbocycles.